The van der Waals surface area contributed by atoms with E-state index in [9.17, 15) is 0 Å². The van der Waals surface area contributed by atoms with Gasteiger partial charge in [-0.2, -0.15) is 0 Å². The lowest BCUT2D eigenvalue weighted by atomic mass is 10.1. The fraction of sp³-hybridized carbons (Fsp3) is 0.562. The van der Waals surface area contributed by atoms with Gasteiger partial charge in [-0.15, -0.1) is 24.0 Å². The molecule has 1 fully saturated rings. The fourth-order valence-corrected chi connectivity index (χ4v) is 2.23. The highest BCUT2D eigenvalue weighted by Crippen LogP contribution is 2.12. The molecule has 3 N–H and O–H groups in total. The average Bonchev–Trinajstić information content (AvgIpc) is 3.01. The number of aliphatic imine (C=N–C) groups is 1. The number of halogens is 1. The number of aryl methyl sites for hydroxylation is 1. The third kappa shape index (κ3) is 6.93. The van der Waals surface area contributed by atoms with Crippen molar-refractivity contribution in [3.8, 4) is 0 Å². The van der Waals surface area contributed by atoms with Gasteiger partial charge in [-0.05, 0) is 37.0 Å². The first-order chi connectivity index (χ1) is 10.3. The standard InChI is InChI=1S/C16H25N3O2.HI/c1-2-13-5-7-14(8-6-13)19-16(17)18-9-11-20-12-15-4-3-10-21-15;/h5-8,15H,2-4,9-12H2,1H3,(H3,17,18,19);1H. The van der Waals surface area contributed by atoms with Gasteiger partial charge in [-0.25, -0.2) is 0 Å². The molecule has 1 aromatic rings. The molecule has 0 amide bonds. The molecule has 22 heavy (non-hydrogen) atoms. The number of hydrogen-bond acceptors (Lipinski definition) is 3. The van der Waals surface area contributed by atoms with E-state index in [1.807, 2.05) is 12.1 Å². The summed E-state index contributed by atoms with van der Waals surface area (Å²) in [5, 5.41) is 3.07. The molecule has 1 saturated heterocycles. The number of benzene rings is 1. The molecule has 1 heterocycles. The second kappa shape index (κ2) is 10.8. The van der Waals surface area contributed by atoms with Crippen molar-refractivity contribution in [1.29, 1.82) is 0 Å². The molecule has 0 aromatic heterocycles. The topological polar surface area (TPSA) is 68.9 Å². The van der Waals surface area contributed by atoms with Crippen LogP contribution in [0.25, 0.3) is 0 Å². The number of hydrogen-bond donors (Lipinski definition) is 2. The van der Waals surface area contributed by atoms with Gasteiger partial charge in [0.15, 0.2) is 5.96 Å². The van der Waals surface area contributed by atoms with E-state index in [0.29, 0.717) is 25.7 Å². The minimum absolute atomic E-state index is 0. The first kappa shape index (κ1) is 19.2. The maximum Gasteiger partial charge on any atom is 0.193 e. The van der Waals surface area contributed by atoms with Crippen LogP contribution in [0.15, 0.2) is 29.3 Å². The van der Waals surface area contributed by atoms with Crippen LogP contribution in [-0.4, -0.2) is 38.4 Å². The van der Waals surface area contributed by atoms with E-state index >= 15 is 0 Å². The van der Waals surface area contributed by atoms with E-state index in [-0.39, 0.29) is 30.1 Å². The quantitative estimate of drug-likeness (QED) is 0.309. The van der Waals surface area contributed by atoms with Crippen molar-refractivity contribution in [3.63, 3.8) is 0 Å². The van der Waals surface area contributed by atoms with Gasteiger partial charge in [0.25, 0.3) is 0 Å². The predicted molar refractivity (Wildman–Crippen MR) is 101 cm³/mol. The summed E-state index contributed by atoms with van der Waals surface area (Å²) in [6.45, 7) is 4.77. The lowest BCUT2D eigenvalue weighted by Gasteiger charge is -2.09. The normalized spacial score (nSPS) is 18.0. The van der Waals surface area contributed by atoms with Gasteiger partial charge in [0, 0.05) is 12.3 Å². The van der Waals surface area contributed by atoms with Crippen molar-refractivity contribution in [2.24, 2.45) is 10.7 Å². The van der Waals surface area contributed by atoms with Crippen molar-refractivity contribution in [3.05, 3.63) is 29.8 Å². The molecule has 0 radical (unpaired) electrons. The molecule has 0 bridgehead atoms. The summed E-state index contributed by atoms with van der Waals surface area (Å²) in [6, 6.07) is 8.19. The molecular weight excluding hydrogens is 393 g/mol. The van der Waals surface area contributed by atoms with E-state index in [2.05, 4.69) is 29.4 Å². The second-order valence-electron chi connectivity index (χ2n) is 5.15. The highest BCUT2D eigenvalue weighted by Gasteiger charge is 2.14. The van der Waals surface area contributed by atoms with Crippen LogP contribution in [0.2, 0.25) is 0 Å². The van der Waals surface area contributed by atoms with Crippen LogP contribution in [0, 0.1) is 0 Å². The van der Waals surface area contributed by atoms with Gasteiger partial charge in [-0.1, -0.05) is 19.1 Å². The summed E-state index contributed by atoms with van der Waals surface area (Å²) < 4.78 is 11.0. The number of rotatable bonds is 7. The van der Waals surface area contributed by atoms with Crippen molar-refractivity contribution in [1.82, 2.24) is 0 Å². The molecule has 0 spiro atoms. The average molecular weight is 419 g/mol. The Balaban J connectivity index is 0.00000242. The fourth-order valence-electron chi connectivity index (χ4n) is 2.23. The SMILES string of the molecule is CCc1ccc(NC(N)=NCCOCC2CCCO2)cc1.I. The first-order valence-electron chi connectivity index (χ1n) is 7.63. The number of guanidine groups is 1. The largest absolute Gasteiger partial charge is 0.377 e. The predicted octanol–water partition coefficient (Wildman–Crippen LogP) is 2.79. The maximum atomic E-state index is 5.84. The molecule has 1 aliphatic rings. The lowest BCUT2D eigenvalue weighted by molar-refractivity contribution is 0.0200. The highest BCUT2D eigenvalue weighted by atomic mass is 127. The Bertz CT molecular complexity index is 445. The van der Waals surface area contributed by atoms with Crippen LogP contribution in [0.3, 0.4) is 0 Å². The van der Waals surface area contributed by atoms with Gasteiger partial charge in [0.05, 0.1) is 25.9 Å². The summed E-state index contributed by atoms with van der Waals surface area (Å²) in [5.41, 5.74) is 8.10. The summed E-state index contributed by atoms with van der Waals surface area (Å²) in [7, 11) is 0. The molecule has 1 aromatic carbocycles. The van der Waals surface area contributed by atoms with Gasteiger partial charge in [0.1, 0.15) is 0 Å². The molecule has 1 unspecified atom stereocenters. The molecule has 124 valence electrons. The second-order valence-corrected chi connectivity index (χ2v) is 5.15. The van der Waals surface area contributed by atoms with E-state index in [1.165, 1.54) is 5.56 Å². The van der Waals surface area contributed by atoms with Crippen LogP contribution in [0.4, 0.5) is 5.69 Å². The first-order valence-corrected chi connectivity index (χ1v) is 7.63. The smallest absolute Gasteiger partial charge is 0.193 e. The Labute approximate surface area is 149 Å². The summed E-state index contributed by atoms with van der Waals surface area (Å²) in [5.74, 6) is 0.417. The van der Waals surface area contributed by atoms with Crippen LogP contribution >= 0.6 is 24.0 Å². The molecule has 1 atom stereocenters. The van der Waals surface area contributed by atoms with Crippen molar-refractivity contribution in [2.45, 2.75) is 32.3 Å². The van der Waals surface area contributed by atoms with Crippen molar-refractivity contribution in [2.75, 3.05) is 31.7 Å². The van der Waals surface area contributed by atoms with Gasteiger partial charge in [-0.3, -0.25) is 4.99 Å². The van der Waals surface area contributed by atoms with Crippen LogP contribution in [0.5, 0.6) is 0 Å². The van der Waals surface area contributed by atoms with Gasteiger partial charge < -0.3 is 20.5 Å². The Hall–Kier alpha value is -0.860. The molecule has 1 aliphatic heterocycles. The molecule has 0 saturated carbocycles. The number of nitrogens with one attached hydrogen (secondary N) is 1. The number of nitrogens with zero attached hydrogens (tertiary/aromatic N) is 1. The van der Waals surface area contributed by atoms with Crippen LogP contribution < -0.4 is 11.1 Å². The number of anilines is 1. The minimum atomic E-state index is 0. The zero-order chi connectivity index (χ0) is 14.9. The Morgan fingerprint density at radius 1 is 1.41 bits per heavy atom. The Morgan fingerprint density at radius 2 is 2.18 bits per heavy atom. The lowest BCUT2D eigenvalue weighted by Crippen LogP contribution is -2.23. The van der Waals surface area contributed by atoms with Gasteiger partial charge in [0.2, 0.25) is 0 Å². The van der Waals surface area contributed by atoms with Crippen molar-refractivity contribution < 1.29 is 9.47 Å². The monoisotopic (exact) mass is 419 g/mol. The minimum Gasteiger partial charge on any atom is -0.377 e. The number of nitrogens with two attached hydrogens (primary N) is 1. The summed E-state index contributed by atoms with van der Waals surface area (Å²) >= 11 is 0. The molecule has 0 aliphatic carbocycles. The molecule has 6 heteroatoms. The van der Waals surface area contributed by atoms with Gasteiger partial charge >= 0.3 is 0 Å². The summed E-state index contributed by atoms with van der Waals surface area (Å²) in [6.07, 6.45) is 3.54. The zero-order valence-electron chi connectivity index (χ0n) is 13.1. The maximum absolute atomic E-state index is 5.84. The van der Waals surface area contributed by atoms with E-state index in [0.717, 1.165) is 31.6 Å². The van der Waals surface area contributed by atoms with E-state index in [4.69, 9.17) is 15.2 Å². The Morgan fingerprint density at radius 3 is 2.82 bits per heavy atom. The molecule has 5 nitrogen and oxygen atoms in total. The highest BCUT2D eigenvalue weighted by molar-refractivity contribution is 14.0. The third-order valence-corrected chi connectivity index (χ3v) is 3.48. The van der Waals surface area contributed by atoms with Crippen molar-refractivity contribution >= 4 is 35.6 Å². The Kier molecular flexibility index (Phi) is 9.42. The molecule has 2 rings (SSSR count). The van der Waals surface area contributed by atoms with Crippen LogP contribution in [0.1, 0.15) is 25.3 Å². The molecular formula is C16H26IN3O2. The van der Waals surface area contributed by atoms with E-state index < -0.39 is 0 Å². The third-order valence-electron chi connectivity index (χ3n) is 3.48. The summed E-state index contributed by atoms with van der Waals surface area (Å²) in [4.78, 5) is 4.24. The van der Waals surface area contributed by atoms with E-state index in [1.54, 1.807) is 0 Å². The zero-order valence-corrected chi connectivity index (χ0v) is 15.4. The van der Waals surface area contributed by atoms with Crippen LogP contribution in [-0.2, 0) is 15.9 Å². The number of ether oxygens (including phenoxy) is 2.